The molecule has 0 saturated carbocycles. The molecule has 0 heterocycles. The summed E-state index contributed by atoms with van der Waals surface area (Å²) >= 11 is 0. The van der Waals surface area contributed by atoms with Crippen molar-refractivity contribution in [3.05, 3.63) is 13.5 Å². The molecule has 0 atom stereocenters. The molecule has 0 aromatic heterocycles. The topological polar surface area (TPSA) is 20.2 Å². The first-order chi connectivity index (χ1) is 5.41. The number of hydrogen-bond donors (Lipinski definition) is 1. The van der Waals surface area contributed by atoms with E-state index >= 15 is 0 Å². The Bertz CT molecular complexity index is 53.9. The molecule has 0 fully saturated rings. The van der Waals surface area contributed by atoms with Crippen molar-refractivity contribution in [1.29, 1.82) is 0 Å². The lowest BCUT2D eigenvalue weighted by Crippen LogP contribution is -1.80. The van der Waals surface area contributed by atoms with Crippen LogP contribution < -0.4 is 0 Å². The van der Waals surface area contributed by atoms with Gasteiger partial charge < -0.3 is 5.11 Å². The van der Waals surface area contributed by atoms with Gasteiger partial charge in [-0.3, -0.25) is 0 Å². The van der Waals surface area contributed by atoms with Crippen LogP contribution in [0.15, 0.2) is 0 Å². The third-order valence-electron chi connectivity index (χ3n) is 1.83. The zero-order valence-electron chi connectivity index (χ0n) is 7.39. The average Bonchev–Trinajstić information content (AvgIpc) is 2.03. The molecule has 0 unspecified atom stereocenters. The summed E-state index contributed by atoms with van der Waals surface area (Å²) in [4.78, 5) is 0. The van der Waals surface area contributed by atoms with E-state index in [4.69, 9.17) is 5.11 Å². The number of rotatable bonds is 8. The molecule has 0 aromatic rings. The molecule has 0 rings (SSSR count). The molecule has 0 aliphatic carbocycles. The number of unbranched alkanes of at least 4 members (excludes halogenated alkanes) is 7. The molecule has 1 heteroatoms. The summed E-state index contributed by atoms with van der Waals surface area (Å²) < 4.78 is 0. The largest absolute Gasteiger partial charge is 0.390 e. The normalized spacial score (nSPS) is 10.4. The van der Waals surface area contributed by atoms with Crippen LogP contribution in [0.4, 0.5) is 0 Å². The maximum Gasteiger partial charge on any atom is 0.0799 e. The van der Waals surface area contributed by atoms with E-state index in [1.165, 1.54) is 38.7 Å². The maximum atomic E-state index is 8.37. The highest BCUT2D eigenvalue weighted by Crippen LogP contribution is 2.08. The van der Waals surface area contributed by atoms with E-state index in [1.807, 2.05) is 0 Å². The van der Waals surface area contributed by atoms with Gasteiger partial charge in [0.15, 0.2) is 0 Å². The van der Waals surface area contributed by atoms with E-state index in [-0.39, 0.29) is 0 Å². The van der Waals surface area contributed by atoms with Crippen LogP contribution in [0.25, 0.3) is 0 Å². The van der Waals surface area contributed by atoms with Gasteiger partial charge in [0.1, 0.15) is 0 Å². The summed E-state index contributed by atoms with van der Waals surface area (Å²) in [5.74, 6) is 0. The van der Waals surface area contributed by atoms with Gasteiger partial charge in [-0.2, -0.15) is 0 Å². The van der Waals surface area contributed by atoms with Crippen LogP contribution in [0, 0.1) is 13.5 Å². The molecular formula is C10H20O. The highest BCUT2D eigenvalue weighted by atomic mass is 16.2. The Labute approximate surface area is 70.8 Å². The molecule has 2 radical (unpaired) electrons. The van der Waals surface area contributed by atoms with Gasteiger partial charge in [0, 0.05) is 0 Å². The highest BCUT2D eigenvalue weighted by Gasteiger charge is 1.89. The van der Waals surface area contributed by atoms with Crippen molar-refractivity contribution in [2.24, 2.45) is 0 Å². The molecule has 0 saturated heterocycles. The SMILES string of the molecule is [CH2]CCCCCCCC[CH]O. The van der Waals surface area contributed by atoms with E-state index in [0.717, 1.165) is 19.3 Å². The summed E-state index contributed by atoms with van der Waals surface area (Å²) in [5, 5.41) is 8.37. The van der Waals surface area contributed by atoms with Crippen molar-refractivity contribution < 1.29 is 5.11 Å². The van der Waals surface area contributed by atoms with Gasteiger partial charge in [0.25, 0.3) is 0 Å². The van der Waals surface area contributed by atoms with Crippen molar-refractivity contribution in [2.45, 2.75) is 51.4 Å². The lowest BCUT2D eigenvalue weighted by atomic mass is 10.1. The minimum Gasteiger partial charge on any atom is -0.390 e. The molecule has 66 valence electrons. The molecular weight excluding hydrogens is 136 g/mol. The fourth-order valence-corrected chi connectivity index (χ4v) is 1.12. The van der Waals surface area contributed by atoms with Gasteiger partial charge >= 0.3 is 0 Å². The third-order valence-corrected chi connectivity index (χ3v) is 1.83. The van der Waals surface area contributed by atoms with Gasteiger partial charge in [0.2, 0.25) is 0 Å². The Kier molecular flexibility index (Phi) is 9.92. The Hall–Kier alpha value is -0.0400. The first-order valence-electron chi connectivity index (χ1n) is 4.67. The molecule has 0 aromatic carbocycles. The fraction of sp³-hybridized carbons (Fsp3) is 0.800. The van der Waals surface area contributed by atoms with Gasteiger partial charge in [-0.25, -0.2) is 0 Å². The lowest BCUT2D eigenvalue weighted by molar-refractivity contribution is 0.367. The van der Waals surface area contributed by atoms with E-state index in [1.54, 1.807) is 0 Å². The minimum atomic E-state index is 0.856. The molecule has 0 aliphatic rings. The van der Waals surface area contributed by atoms with Crippen LogP contribution in [0.1, 0.15) is 51.4 Å². The van der Waals surface area contributed by atoms with Crippen LogP contribution in [0.2, 0.25) is 0 Å². The predicted molar refractivity (Wildman–Crippen MR) is 48.5 cm³/mol. The predicted octanol–water partition coefficient (Wildman–Crippen LogP) is 3.48. The van der Waals surface area contributed by atoms with Crippen LogP contribution >= 0.6 is 0 Å². The molecule has 0 spiro atoms. The zero-order chi connectivity index (χ0) is 8.36. The van der Waals surface area contributed by atoms with Gasteiger partial charge in [-0.1, -0.05) is 51.9 Å². The van der Waals surface area contributed by atoms with Gasteiger partial charge in [-0.05, 0) is 6.42 Å². The van der Waals surface area contributed by atoms with E-state index < -0.39 is 0 Å². The Morgan fingerprint density at radius 3 is 2.00 bits per heavy atom. The first-order valence-corrected chi connectivity index (χ1v) is 4.67. The standard InChI is InChI=1S/C10H20O/c1-2-3-4-5-6-7-8-9-10-11/h10-11H,1-9H2. The van der Waals surface area contributed by atoms with Crippen LogP contribution in [-0.4, -0.2) is 5.11 Å². The molecule has 0 amide bonds. The summed E-state index contributed by atoms with van der Waals surface area (Å²) in [6.07, 6.45) is 9.57. The second-order valence-electron chi connectivity index (χ2n) is 2.95. The van der Waals surface area contributed by atoms with Gasteiger partial charge in [0.05, 0.1) is 6.61 Å². The quantitative estimate of drug-likeness (QED) is 0.533. The fourth-order valence-electron chi connectivity index (χ4n) is 1.12. The Balaban J connectivity index is 2.69. The summed E-state index contributed by atoms with van der Waals surface area (Å²) in [6.45, 7) is 5.05. The van der Waals surface area contributed by atoms with Gasteiger partial charge in [-0.15, -0.1) is 0 Å². The molecule has 0 bridgehead atoms. The van der Waals surface area contributed by atoms with Crippen molar-refractivity contribution >= 4 is 0 Å². The van der Waals surface area contributed by atoms with Crippen LogP contribution in [-0.2, 0) is 0 Å². The number of aliphatic hydroxyl groups is 1. The summed E-state index contributed by atoms with van der Waals surface area (Å²) in [6, 6.07) is 0. The molecule has 11 heavy (non-hydrogen) atoms. The molecule has 1 N–H and O–H groups in total. The smallest absolute Gasteiger partial charge is 0.0799 e. The highest BCUT2D eigenvalue weighted by molar-refractivity contribution is 4.50. The van der Waals surface area contributed by atoms with Crippen molar-refractivity contribution in [3.63, 3.8) is 0 Å². The van der Waals surface area contributed by atoms with Crippen molar-refractivity contribution in [1.82, 2.24) is 0 Å². The Morgan fingerprint density at radius 2 is 1.45 bits per heavy atom. The second-order valence-corrected chi connectivity index (χ2v) is 2.95. The summed E-state index contributed by atoms with van der Waals surface area (Å²) in [5.41, 5.74) is 0. The third kappa shape index (κ3) is 9.96. The number of hydrogen-bond acceptors (Lipinski definition) is 1. The summed E-state index contributed by atoms with van der Waals surface area (Å²) in [7, 11) is 0. The maximum absolute atomic E-state index is 8.37. The molecule has 1 nitrogen and oxygen atoms in total. The average molecular weight is 156 g/mol. The molecule has 0 aliphatic heterocycles. The minimum absolute atomic E-state index is 0.856. The van der Waals surface area contributed by atoms with Crippen molar-refractivity contribution in [2.75, 3.05) is 0 Å². The van der Waals surface area contributed by atoms with E-state index in [9.17, 15) is 0 Å². The first kappa shape index (κ1) is 11.0. The van der Waals surface area contributed by atoms with Crippen LogP contribution in [0.3, 0.4) is 0 Å². The zero-order valence-corrected chi connectivity index (χ0v) is 7.39. The van der Waals surface area contributed by atoms with E-state index in [0.29, 0.717) is 0 Å². The van der Waals surface area contributed by atoms with Crippen LogP contribution in [0.5, 0.6) is 0 Å². The Morgan fingerprint density at radius 1 is 0.909 bits per heavy atom. The van der Waals surface area contributed by atoms with E-state index in [2.05, 4.69) is 6.92 Å². The van der Waals surface area contributed by atoms with Crippen molar-refractivity contribution in [3.8, 4) is 0 Å². The number of aliphatic hydroxyl groups excluding tert-OH is 1. The lowest BCUT2D eigenvalue weighted by Gasteiger charge is -1.98. The second kappa shape index (κ2) is 9.96. The monoisotopic (exact) mass is 156 g/mol.